The van der Waals surface area contributed by atoms with Crippen molar-refractivity contribution in [3.8, 4) is 0 Å². The summed E-state index contributed by atoms with van der Waals surface area (Å²) >= 11 is 0. The van der Waals surface area contributed by atoms with Crippen LogP contribution in [0.25, 0.3) is 11.0 Å². The first-order chi connectivity index (χ1) is 9.95. The van der Waals surface area contributed by atoms with Gasteiger partial charge in [0.05, 0.1) is 11.7 Å². The number of rotatable bonds is 2. The van der Waals surface area contributed by atoms with Crippen LogP contribution in [0, 0.1) is 0 Å². The van der Waals surface area contributed by atoms with E-state index >= 15 is 0 Å². The molecular weight excluding hydrogens is 266 g/mol. The third-order valence-electron chi connectivity index (χ3n) is 4.02. The largest absolute Gasteiger partial charge is 0.353 e. The Morgan fingerprint density at radius 1 is 1.29 bits per heavy atom. The van der Waals surface area contributed by atoms with E-state index in [2.05, 4.69) is 41.2 Å². The van der Waals surface area contributed by atoms with Crippen molar-refractivity contribution in [3.63, 3.8) is 0 Å². The van der Waals surface area contributed by atoms with Gasteiger partial charge < -0.3 is 5.32 Å². The molecule has 0 bridgehead atoms. The Morgan fingerprint density at radius 2 is 2.00 bits per heavy atom. The molecule has 0 saturated heterocycles. The zero-order chi connectivity index (χ0) is 15.0. The highest BCUT2D eigenvalue weighted by atomic mass is 16.1. The molecule has 0 unspecified atom stereocenters. The Labute approximate surface area is 124 Å². The summed E-state index contributed by atoms with van der Waals surface area (Å²) in [6.45, 7) is 6.16. The molecule has 2 heterocycles. The van der Waals surface area contributed by atoms with Crippen LogP contribution in [0.3, 0.4) is 0 Å². The number of nitrogens with one attached hydrogen (secondary N) is 2. The molecule has 0 aromatic carbocycles. The molecule has 6 heteroatoms. The number of aromatic amines is 1. The Kier molecular flexibility index (Phi) is 3.47. The summed E-state index contributed by atoms with van der Waals surface area (Å²) in [6, 6.07) is 0.408. The number of hydrogen-bond donors (Lipinski definition) is 2. The second-order valence-electron chi connectivity index (χ2n) is 6.86. The lowest BCUT2D eigenvalue weighted by atomic mass is 9.96. The maximum Gasteiger partial charge on any atom is 0.263 e. The lowest BCUT2D eigenvalue weighted by Gasteiger charge is -2.23. The van der Waals surface area contributed by atoms with Gasteiger partial charge >= 0.3 is 0 Å². The Balaban J connectivity index is 1.98. The summed E-state index contributed by atoms with van der Waals surface area (Å²) in [4.78, 5) is 19.6. The van der Waals surface area contributed by atoms with Gasteiger partial charge in [0.25, 0.3) is 5.56 Å². The molecule has 1 aliphatic rings. The molecule has 1 saturated carbocycles. The molecule has 1 fully saturated rings. The highest BCUT2D eigenvalue weighted by molar-refractivity contribution is 5.74. The van der Waals surface area contributed by atoms with Crippen molar-refractivity contribution in [2.75, 3.05) is 5.32 Å². The minimum absolute atomic E-state index is 0.131. The predicted octanol–water partition coefficient (Wildman–Crippen LogP) is 2.62. The van der Waals surface area contributed by atoms with E-state index in [0.717, 1.165) is 12.8 Å². The third-order valence-corrected chi connectivity index (χ3v) is 4.02. The van der Waals surface area contributed by atoms with Crippen LogP contribution in [-0.4, -0.2) is 25.8 Å². The van der Waals surface area contributed by atoms with Gasteiger partial charge in [-0.1, -0.05) is 19.3 Å². The summed E-state index contributed by atoms with van der Waals surface area (Å²) in [7, 11) is 0. The van der Waals surface area contributed by atoms with Crippen LogP contribution in [0.15, 0.2) is 11.0 Å². The van der Waals surface area contributed by atoms with Crippen LogP contribution in [0.2, 0.25) is 0 Å². The molecule has 3 rings (SSSR count). The number of anilines is 1. The van der Waals surface area contributed by atoms with E-state index < -0.39 is 0 Å². The number of hydrogen-bond acceptors (Lipinski definition) is 4. The molecule has 2 aromatic rings. The van der Waals surface area contributed by atoms with E-state index in [9.17, 15) is 4.79 Å². The molecule has 6 nitrogen and oxygen atoms in total. The van der Waals surface area contributed by atoms with Crippen molar-refractivity contribution in [3.05, 3.63) is 16.6 Å². The van der Waals surface area contributed by atoms with Crippen molar-refractivity contribution in [1.29, 1.82) is 0 Å². The summed E-state index contributed by atoms with van der Waals surface area (Å²) in [5.74, 6) is 0.561. The van der Waals surface area contributed by atoms with Crippen LogP contribution < -0.4 is 10.9 Å². The Bertz CT molecular complexity index is 688. The van der Waals surface area contributed by atoms with E-state index in [1.165, 1.54) is 19.3 Å². The lowest BCUT2D eigenvalue weighted by molar-refractivity contribution is 0.366. The molecule has 1 aliphatic carbocycles. The Hall–Kier alpha value is -1.85. The fourth-order valence-corrected chi connectivity index (χ4v) is 2.92. The van der Waals surface area contributed by atoms with Crippen LogP contribution in [0.5, 0.6) is 0 Å². The first-order valence-electron chi connectivity index (χ1n) is 7.70. The quantitative estimate of drug-likeness (QED) is 0.891. The molecule has 2 N–H and O–H groups in total. The van der Waals surface area contributed by atoms with Gasteiger partial charge in [-0.05, 0) is 33.6 Å². The van der Waals surface area contributed by atoms with Crippen molar-refractivity contribution in [1.82, 2.24) is 19.7 Å². The maximum atomic E-state index is 12.2. The highest BCUT2D eigenvalue weighted by Crippen LogP contribution is 2.22. The highest BCUT2D eigenvalue weighted by Gasteiger charge is 2.21. The van der Waals surface area contributed by atoms with Crippen LogP contribution in [0.4, 0.5) is 5.95 Å². The topological polar surface area (TPSA) is 75.6 Å². The molecule has 0 atom stereocenters. The van der Waals surface area contributed by atoms with E-state index in [-0.39, 0.29) is 11.1 Å². The van der Waals surface area contributed by atoms with Gasteiger partial charge in [-0.2, -0.15) is 10.1 Å². The average Bonchev–Trinajstić information content (AvgIpc) is 2.84. The van der Waals surface area contributed by atoms with Crippen molar-refractivity contribution >= 4 is 17.0 Å². The van der Waals surface area contributed by atoms with Crippen molar-refractivity contribution in [2.45, 2.75) is 64.5 Å². The smallest absolute Gasteiger partial charge is 0.263 e. The fraction of sp³-hybridized carbons (Fsp3) is 0.667. The van der Waals surface area contributed by atoms with Crippen LogP contribution >= 0.6 is 0 Å². The molecule has 0 spiro atoms. The maximum absolute atomic E-state index is 12.2. The standard InChI is InChI=1S/C15H23N5O/c1-15(2,3)20-12-11(9-16-20)13(21)19-14(18-12)17-10-7-5-4-6-8-10/h9-10H,4-8H2,1-3H3,(H2,17,18,19,21). The number of nitrogens with zero attached hydrogens (tertiary/aromatic N) is 3. The molecule has 0 amide bonds. The van der Waals surface area contributed by atoms with Gasteiger partial charge in [-0.15, -0.1) is 0 Å². The molecule has 0 radical (unpaired) electrons. The molecule has 2 aromatic heterocycles. The van der Waals surface area contributed by atoms with Gasteiger partial charge in [0, 0.05) is 6.04 Å². The van der Waals surface area contributed by atoms with E-state index in [0.29, 0.717) is 23.0 Å². The second-order valence-corrected chi connectivity index (χ2v) is 6.86. The third kappa shape index (κ3) is 2.80. The van der Waals surface area contributed by atoms with Gasteiger partial charge in [0.1, 0.15) is 5.39 Å². The fourth-order valence-electron chi connectivity index (χ4n) is 2.92. The summed E-state index contributed by atoms with van der Waals surface area (Å²) in [6.07, 6.45) is 7.66. The normalized spacial score (nSPS) is 17.3. The van der Waals surface area contributed by atoms with E-state index in [4.69, 9.17) is 0 Å². The molecule has 0 aliphatic heterocycles. The van der Waals surface area contributed by atoms with E-state index in [1.807, 2.05) is 4.68 Å². The number of H-pyrrole nitrogens is 1. The van der Waals surface area contributed by atoms with Crippen molar-refractivity contribution < 1.29 is 0 Å². The number of aromatic nitrogens is 4. The molecule has 21 heavy (non-hydrogen) atoms. The first kappa shape index (κ1) is 14.1. The predicted molar refractivity (Wildman–Crippen MR) is 83.6 cm³/mol. The summed E-state index contributed by atoms with van der Waals surface area (Å²) in [5, 5.41) is 8.24. The zero-order valence-corrected chi connectivity index (χ0v) is 12.9. The van der Waals surface area contributed by atoms with Gasteiger partial charge in [0.15, 0.2) is 5.65 Å². The second kappa shape index (κ2) is 5.16. The van der Waals surface area contributed by atoms with Crippen molar-refractivity contribution in [2.24, 2.45) is 0 Å². The first-order valence-corrected chi connectivity index (χ1v) is 7.70. The summed E-state index contributed by atoms with van der Waals surface area (Å²) in [5.41, 5.74) is 0.309. The lowest BCUT2D eigenvalue weighted by Crippen LogP contribution is -2.27. The van der Waals surface area contributed by atoms with Gasteiger partial charge in [0.2, 0.25) is 5.95 Å². The average molecular weight is 289 g/mol. The zero-order valence-electron chi connectivity index (χ0n) is 12.9. The van der Waals surface area contributed by atoms with E-state index in [1.54, 1.807) is 6.20 Å². The molecular formula is C15H23N5O. The minimum Gasteiger partial charge on any atom is -0.353 e. The van der Waals surface area contributed by atoms with Crippen LogP contribution in [0.1, 0.15) is 52.9 Å². The summed E-state index contributed by atoms with van der Waals surface area (Å²) < 4.78 is 1.81. The van der Waals surface area contributed by atoms with Crippen LogP contribution in [-0.2, 0) is 5.54 Å². The number of fused-ring (bicyclic) bond motifs is 1. The minimum atomic E-state index is -0.204. The molecule has 114 valence electrons. The SMILES string of the molecule is CC(C)(C)n1ncc2c(=O)[nH]c(NC3CCCCC3)nc21. The Morgan fingerprint density at radius 3 is 2.67 bits per heavy atom. The monoisotopic (exact) mass is 289 g/mol. The van der Waals surface area contributed by atoms with Gasteiger partial charge in [-0.3, -0.25) is 9.78 Å². The van der Waals surface area contributed by atoms with Gasteiger partial charge in [-0.25, -0.2) is 4.68 Å².